The maximum Gasteiger partial charge on any atom is 0.330 e. The number of carbonyl (C=O) groups excluding carboxylic acids is 1. The van der Waals surface area contributed by atoms with Crippen molar-refractivity contribution in [2.24, 2.45) is 11.8 Å². The van der Waals surface area contributed by atoms with E-state index in [4.69, 9.17) is 0 Å². The van der Waals surface area contributed by atoms with Crippen LogP contribution in [-0.2, 0) is 9.59 Å². The van der Waals surface area contributed by atoms with Crippen molar-refractivity contribution in [1.82, 2.24) is 5.32 Å². The van der Waals surface area contributed by atoms with Crippen LogP contribution in [-0.4, -0.2) is 22.5 Å². The number of hydrogen-bond acceptors (Lipinski definition) is 2. The van der Waals surface area contributed by atoms with Gasteiger partial charge < -0.3 is 10.4 Å². The van der Waals surface area contributed by atoms with E-state index in [1.807, 2.05) is 12.2 Å². The van der Waals surface area contributed by atoms with Crippen LogP contribution in [0, 0.1) is 11.8 Å². The van der Waals surface area contributed by atoms with Crippen LogP contribution in [0.4, 0.5) is 0 Å². The van der Waals surface area contributed by atoms with Crippen LogP contribution >= 0.6 is 0 Å². The summed E-state index contributed by atoms with van der Waals surface area (Å²) in [5.74, 6) is -0.894. The average molecular weight is 195 g/mol. The summed E-state index contributed by atoms with van der Waals surface area (Å²) >= 11 is 0. The van der Waals surface area contributed by atoms with Gasteiger partial charge in [-0.15, -0.1) is 0 Å². The predicted octanol–water partition coefficient (Wildman–Crippen LogP) is 0.542. The van der Waals surface area contributed by atoms with Gasteiger partial charge in [-0.05, 0) is 18.8 Å². The summed E-state index contributed by atoms with van der Waals surface area (Å²) in [5.41, 5.74) is -1.04. The summed E-state index contributed by atoms with van der Waals surface area (Å²) in [6.45, 7) is 1.36. The molecule has 14 heavy (non-hydrogen) atoms. The molecular weight excluding hydrogens is 182 g/mol. The molecular formula is C10H13NO3. The zero-order chi connectivity index (χ0) is 10.3. The summed E-state index contributed by atoms with van der Waals surface area (Å²) < 4.78 is 0. The van der Waals surface area contributed by atoms with E-state index in [0.29, 0.717) is 12.3 Å². The van der Waals surface area contributed by atoms with Crippen LogP contribution in [0.2, 0.25) is 0 Å². The van der Waals surface area contributed by atoms with Crippen molar-refractivity contribution in [3.05, 3.63) is 12.2 Å². The van der Waals surface area contributed by atoms with Gasteiger partial charge in [0.15, 0.2) is 0 Å². The Bertz CT molecular complexity index is 323. The highest BCUT2D eigenvalue weighted by molar-refractivity contribution is 5.87. The minimum absolute atomic E-state index is 0.0334. The molecule has 0 unspecified atom stereocenters. The molecule has 2 N–H and O–H groups in total. The van der Waals surface area contributed by atoms with Gasteiger partial charge in [-0.1, -0.05) is 12.2 Å². The van der Waals surface area contributed by atoms with E-state index in [0.717, 1.165) is 6.42 Å². The van der Waals surface area contributed by atoms with Crippen LogP contribution in [0.3, 0.4) is 0 Å². The lowest BCUT2D eigenvalue weighted by Crippen LogP contribution is -2.56. The van der Waals surface area contributed by atoms with Crippen LogP contribution in [0.15, 0.2) is 12.2 Å². The third-order valence-corrected chi connectivity index (χ3v) is 3.17. The molecule has 2 aliphatic rings. The Morgan fingerprint density at radius 2 is 2.21 bits per heavy atom. The number of carbonyl (C=O) groups is 2. The predicted molar refractivity (Wildman–Crippen MR) is 49.5 cm³/mol. The lowest BCUT2D eigenvalue weighted by atomic mass is 9.84. The molecule has 0 aromatic heterocycles. The molecule has 4 heteroatoms. The second-order valence-corrected chi connectivity index (χ2v) is 4.15. The van der Waals surface area contributed by atoms with Gasteiger partial charge >= 0.3 is 5.97 Å². The fourth-order valence-corrected chi connectivity index (χ4v) is 2.61. The van der Waals surface area contributed by atoms with Crippen molar-refractivity contribution in [3.8, 4) is 0 Å². The van der Waals surface area contributed by atoms with Gasteiger partial charge in [0.25, 0.3) is 0 Å². The zero-order valence-corrected chi connectivity index (χ0v) is 7.99. The third-order valence-electron chi connectivity index (χ3n) is 3.17. The van der Waals surface area contributed by atoms with E-state index in [9.17, 15) is 14.7 Å². The topological polar surface area (TPSA) is 66.4 Å². The summed E-state index contributed by atoms with van der Waals surface area (Å²) in [7, 11) is 0. The van der Waals surface area contributed by atoms with Crippen molar-refractivity contribution in [2.75, 3.05) is 0 Å². The highest BCUT2D eigenvalue weighted by Crippen LogP contribution is 2.46. The van der Waals surface area contributed by atoms with E-state index in [1.165, 1.54) is 6.92 Å². The Morgan fingerprint density at radius 1 is 1.50 bits per heavy atom. The number of aliphatic carboxylic acids is 1. The van der Waals surface area contributed by atoms with Crippen LogP contribution in [0.5, 0.6) is 0 Å². The number of carboxylic acid groups (broad SMARTS) is 1. The van der Waals surface area contributed by atoms with Crippen molar-refractivity contribution in [3.63, 3.8) is 0 Å². The van der Waals surface area contributed by atoms with E-state index in [-0.39, 0.29) is 11.8 Å². The van der Waals surface area contributed by atoms with Crippen LogP contribution in [0.1, 0.15) is 19.8 Å². The van der Waals surface area contributed by atoms with Crippen LogP contribution in [0.25, 0.3) is 0 Å². The minimum Gasteiger partial charge on any atom is -0.479 e. The first-order valence-corrected chi connectivity index (χ1v) is 4.75. The quantitative estimate of drug-likeness (QED) is 0.632. The van der Waals surface area contributed by atoms with Gasteiger partial charge in [0.2, 0.25) is 5.91 Å². The SMILES string of the molecule is CC(=O)N[C@@]1(C(=O)O)C[C@H]2C=C[C@@H]1C2. The number of allylic oxidation sites excluding steroid dienone is 1. The van der Waals surface area contributed by atoms with Crippen molar-refractivity contribution in [1.29, 1.82) is 0 Å². The second kappa shape index (κ2) is 2.83. The van der Waals surface area contributed by atoms with Gasteiger partial charge in [0, 0.05) is 12.8 Å². The van der Waals surface area contributed by atoms with Crippen LogP contribution < -0.4 is 5.32 Å². The van der Waals surface area contributed by atoms with Gasteiger partial charge in [-0.3, -0.25) is 4.79 Å². The summed E-state index contributed by atoms with van der Waals surface area (Å²) in [4.78, 5) is 22.2. The van der Waals surface area contributed by atoms with Gasteiger partial charge in [-0.2, -0.15) is 0 Å². The maximum absolute atomic E-state index is 11.2. The molecule has 0 aromatic carbocycles. The smallest absolute Gasteiger partial charge is 0.330 e. The third kappa shape index (κ3) is 1.14. The van der Waals surface area contributed by atoms with E-state index < -0.39 is 11.5 Å². The Balaban J connectivity index is 2.29. The largest absolute Gasteiger partial charge is 0.479 e. The standard InChI is InChI=1S/C10H13NO3/c1-6(12)11-10(9(13)14)5-7-2-3-8(10)4-7/h2-3,7-8H,4-5H2,1H3,(H,11,12)(H,13,14)/t7-,8+,10-/m0/s1. The van der Waals surface area contributed by atoms with Crippen molar-refractivity contribution in [2.45, 2.75) is 25.3 Å². The zero-order valence-electron chi connectivity index (χ0n) is 7.99. The molecule has 3 atom stereocenters. The van der Waals surface area contributed by atoms with Gasteiger partial charge in [-0.25, -0.2) is 4.79 Å². The highest BCUT2D eigenvalue weighted by atomic mass is 16.4. The molecule has 2 aliphatic carbocycles. The van der Waals surface area contributed by atoms with Crippen molar-refractivity contribution >= 4 is 11.9 Å². The molecule has 4 nitrogen and oxygen atoms in total. The first-order valence-electron chi connectivity index (χ1n) is 4.75. The van der Waals surface area contributed by atoms with Crippen molar-refractivity contribution < 1.29 is 14.7 Å². The summed E-state index contributed by atoms with van der Waals surface area (Å²) in [5, 5.41) is 11.8. The minimum atomic E-state index is -1.04. The molecule has 2 bridgehead atoms. The number of amides is 1. The Labute approximate surface area is 82.0 Å². The van der Waals surface area contributed by atoms with Gasteiger partial charge in [0.1, 0.15) is 5.54 Å². The molecule has 0 saturated heterocycles. The molecule has 1 saturated carbocycles. The molecule has 76 valence electrons. The molecule has 0 heterocycles. The second-order valence-electron chi connectivity index (χ2n) is 4.15. The lowest BCUT2D eigenvalue weighted by Gasteiger charge is -2.31. The highest BCUT2D eigenvalue weighted by Gasteiger charge is 2.54. The Hall–Kier alpha value is -1.32. The fourth-order valence-electron chi connectivity index (χ4n) is 2.61. The average Bonchev–Trinajstić information content (AvgIpc) is 2.61. The monoisotopic (exact) mass is 195 g/mol. The number of carboxylic acids is 1. The fraction of sp³-hybridized carbons (Fsp3) is 0.600. The summed E-state index contributed by atoms with van der Waals surface area (Å²) in [6, 6.07) is 0. The number of fused-ring (bicyclic) bond motifs is 2. The molecule has 2 rings (SSSR count). The number of hydrogen-bond donors (Lipinski definition) is 2. The Morgan fingerprint density at radius 3 is 2.57 bits per heavy atom. The lowest BCUT2D eigenvalue weighted by molar-refractivity contribution is -0.148. The van der Waals surface area contributed by atoms with E-state index >= 15 is 0 Å². The first-order chi connectivity index (χ1) is 6.54. The first kappa shape index (κ1) is 9.24. The number of rotatable bonds is 2. The maximum atomic E-state index is 11.2. The summed E-state index contributed by atoms with van der Waals surface area (Å²) in [6.07, 6.45) is 5.35. The molecule has 1 amide bonds. The number of nitrogens with one attached hydrogen (secondary N) is 1. The normalized spacial score (nSPS) is 38.6. The molecule has 1 fully saturated rings. The molecule has 0 radical (unpaired) electrons. The molecule has 0 spiro atoms. The van der Waals surface area contributed by atoms with E-state index in [1.54, 1.807) is 0 Å². The van der Waals surface area contributed by atoms with E-state index in [2.05, 4.69) is 5.32 Å². The molecule has 0 aliphatic heterocycles. The van der Waals surface area contributed by atoms with Gasteiger partial charge in [0.05, 0.1) is 0 Å². The Kier molecular flexibility index (Phi) is 1.87. The molecule has 0 aromatic rings.